The SMILES string of the molecule is Cc1ccoc1COC(c1ccccc1)N(C)CC=CC#CC(C)(C)C. The average Bonchev–Trinajstić information content (AvgIpc) is 3.00. The Morgan fingerprint density at radius 3 is 2.54 bits per heavy atom. The summed E-state index contributed by atoms with van der Waals surface area (Å²) in [7, 11) is 2.05. The van der Waals surface area contributed by atoms with Gasteiger partial charge in [-0.2, -0.15) is 0 Å². The van der Waals surface area contributed by atoms with Crippen molar-refractivity contribution in [2.75, 3.05) is 13.6 Å². The van der Waals surface area contributed by atoms with Gasteiger partial charge in [0.05, 0.1) is 6.26 Å². The lowest BCUT2D eigenvalue weighted by atomic mass is 9.98. The van der Waals surface area contributed by atoms with E-state index < -0.39 is 0 Å². The Hall–Kier alpha value is -2.28. The van der Waals surface area contributed by atoms with Gasteiger partial charge in [-0.3, -0.25) is 4.90 Å². The van der Waals surface area contributed by atoms with Crippen molar-refractivity contribution in [1.82, 2.24) is 4.90 Å². The molecule has 138 valence electrons. The first-order valence-corrected chi connectivity index (χ1v) is 8.94. The average molecular weight is 351 g/mol. The van der Waals surface area contributed by atoms with Crippen LogP contribution in [0.4, 0.5) is 0 Å². The first-order valence-electron chi connectivity index (χ1n) is 8.94. The van der Waals surface area contributed by atoms with E-state index in [-0.39, 0.29) is 11.6 Å². The van der Waals surface area contributed by atoms with Gasteiger partial charge in [0.2, 0.25) is 0 Å². The maximum absolute atomic E-state index is 6.19. The summed E-state index contributed by atoms with van der Waals surface area (Å²) < 4.78 is 11.7. The molecule has 0 saturated heterocycles. The van der Waals surface area contributed by atoms with Crippen molar-refractivity contribution in [2.45, 2.75) is 40.5 Å². The fourth-order valence-electron chi connectivity index (χ4n) is 2.43. The molecule has 0 amide bonds. The van der Waals surface area contributed by atoms with Crippen LogP contribution in [0.25, 0.3) is 0 Å². The van der Waals surface area contributed by atoms with Crippen molar-refractivity contribution in [2.24, 2.45) is 5.41 Å². The lowest BCUT2D eigenvalue weighted by Crippen LogP contribution is -2.27. The van der Waals surface area contributed by atoms with Gasteiger partial charge in [0, 0.05) is 12.0 Å². The first kappa shape index (κ1) is 20.0. The second kappa shape index (κ2) is 9.43. The first-order chi connectivity index (χ1) is 12.4. The van der Waals surface area contributed by atoms with Gasteiger partial charge in [0.15, 0.2) is 0 Å². The molecule has 3 heteroatoms. The summed E-state index contributed by atoms with van der Waals surface area (Å²) in [6.45, 7) is 9.54. The molecule has 3 nitrogen and oxygen atoms in total. The van der Waals surface area contributed by atoms with E-state index in [1.54, 1.807) is 6.26 Å². The minimum Gasteiger partial charge on any atom is -0.467 e. The predicted molar refractivity (Wildman–Crippen MR) is 106 cm³/mol. The maximum atomic E-state index is 6.19. The molecule has 0 aliphatic heterocycles. The highest BCUT2D eigenvalue weighted by molar-refractivity contribution is 5.20. The lowest BCUT2D eigenvalue weighted by molar-refractivity contribution is -0.0609. The van der Waals surface area contributed by atoms with Crippen molar-refractivity contribution in [3.05, 3.63) is 71.7 Å². The molecule has 0 N–H and O–H groups in total. The summed E-state index contributed by atoms with van der Waals surface area (Å²) in [6, 6.07) is 12.2. The number of likely N-dealkylation sites (N-methyl/N-ethyl adjacent to an activating group) is 1. The summed E-state index contributed by atoms with van der Waals surface area (Å²) >= 11 is 0. The van der Waals surface area contributed by atoms with Crippen LogP contribution in [0.2, 0.25) is 0 Å². The third-order valence-electron chi connectivity index (χ3n) is 3.87. The van der Waals surface area contributed by atoms with Crippen LogP contribution in [0.5, 0.6) is 0 Å². The zero-order chi connectivity index (χ0) is 19.0. The van der Waals surface area contributed by atoms with Crippen LogP contribution in [0.15, 0.2) is 59.2 Å². The molecular formula is C23H29NO2. The molecule has 1 heterocycles. The van der Waals surface area contributed by atoms with E-state index in [2.05, 4.69) is 55.7 Å². The van der Waals surface area contributed by atoms with Gasteiger partial charge < -0.3 is 9.15 Å². The number of hydrogen-bond donors (Lipinski definition) is 0. The molecule has 1 aromatic carbocycles. The second-order valence-electron chi connectivity index (χ2n) is 7.46. The van der Waals surface area contributed by atoms with Crippen LogP contribution in [0.3, 0.4) is 0 Å². The summed E-state index contributed by atoms with van der Waals surface area (Å²) in [5.74, 6) is 7.18. The summed E-state index contributed by atoms with van der Waals surface area (Å²) in [5.41, 5.74) is 2.25. The number of benzene rings is 1. The van der Waals surface area contributed by atoms with Crippen LogP contribution in [-0.2, 0) is 11.3 Å². The van der Waals surface area contributed by atoms with E-state index in [0.29, 0.717) is 6.61 Å². The van der Waals surface area contributed by atoms with Crippen molar-refractivity contribution in [3.8, 4) is 11.8 Å². The predicted octanol–water partition coefficient (Wildman–Crippen LogP) is 5.34. The van der Waals surface area contributed by atoms with Crippen LogP contribution < -0.4 is 0 Å². The van der Waals surface area contributed by atoms with E-state index in [1.807, 2.05) is 44.3 Å². The van der Waals surface area contributed by atoms with Gasteiger partial charge in [-0.1, -0.05) is 48.2 Å². The zero-order valence-electron chi connectivity index (χ0n) is 16.5. The van der Waals surface area contributed by atoms with Crippen molar-refractivity contribution in [3.63, 3.8) is 0 Å². The summed E-state index contributed by atoms with van der Waals surface area (Å²) in [4.78, 5) is 2.16. The van der Waals surface area contributed by atoms with Gasteiger partial charge in [-0.05, 0) is 58.0 Å². The topological polar surface area (TPSA) is 25.6 Å². The molecule has 0 saturated carbocycles. The molecule has 2 aromatic rings. The van der Waals surface area contributed by atoms with Crippen LogP contribution in [-0.4, -0.2) is 18.5 Å². The molecule has 0 aliphatic rings. The smallest absolute Gasteiger partial charge is 0.137 e. The highest BCUT2D eigenvalue weighted by Gasteiger charge is 2.17. The zero-order valence-corrected chi connectivity index (χ0v) is 16.5. The highest BCUT2D eigenvalue weighted by Crippen LogP contribution is 2.23. The van der Waals surface area contributed by atoms with E-state index in [1.165, 1.54) is 0 Å². The van der Waals surface area contributed by atoms with Crippen LogP contribution in [0, 0.1) is 24.2 Å². The molecule has 2 rings (SSSR count). The molecule has 0 radical (unpaired) electrons. The fourth-order valence-corrected chi connectivity index (χ4v) is 2.43. The van der Waals surface area contributed by atoms with E-state index in [9.17, 15) is 0 Å². The number of aryl methyl sites for hydroxylation is 1. The van der Waals surface area contributed by atoms with Crippen molar-refractivity contribution >= 4 is 0 Å². The van der Waals surface area contributed by atoms with Crippen LogP contribution in [0.1, 0.15) is 43.9 Å². The maximum Gasteiger partial charge on any atom is 0.137 e. The Labute approximate surface area is 157 Å². The molecule has 1 unspecified atom stereocenters. The minimum absolute atomic E-state index is 0.0207. The second-order valence-corrected chi connectivity index (χ2v) is 7.46. The number of hydrogen-bond acceptors (Lipinski definition) is 3. The minimum atomic E-state index is -0.152. The van der Waals surface area contributed by atoms with Gasteiger partial charge in [-0.25, -0.2) is 0 Å². The summed E-state index contributed by atoms with van der Waals surface area (Å²) in [6.07, 6.45) is 5.53. The monoisotopic (exact) mass is 351 g/mol. The standard InChI is InChI=1S/C23H29NO2/c1-19-14-17-25-21(19)18-26-22(20-12-8-6-9-13-20)24(5)16-11-7-10-15-23(2,3)4/h6-9,11-14,17,22H,16,18H2,1-5H3. The Bertz CT molecular complexity index is 757. The van der Waals surface area contributed by atoms with Crippen LogP contribution >= 0.6 is 0 Å². The Kier molecular flexibility index (Phi) is 7.26. The Morgan fingerprint density at radius 2 is 1.92 bits per heavy atom. The largest absolute Gasteiger partial charge is 0.467 e. The fraction of sp³-hybridized carbons (Fsp3) is 0.391. The number of allylic oxidation sites excluding steroid dienone is 1. The van der Waals surface area contributed by atoms with Gasteiger partial charge in [0.1, 0.15) is 18.6 Å². The normalized spacial score (nSPS) is 13.0. The molecule has 0 bridgehead atoms. The number of nitrogens with zero attached hydrogens (tertiary/aromatic N) is 1. The Morgan fingerprint density at radius 1 is 1.19 bits per heavy atom. The number of ether oxygens (including phenoxy) is 1. The molecule has 0 aliphatic carbocycles. The van der Waals surface area contributed by atoms with Crippen molar-refractivity contribution in [1.29, 1.82) is 0 Å². The van der Waals surface area contributed by atoms with E-state index >= 15 is 0 Å². The van der Waals surface area contributed by atoms with Gasteiger partial charge in [-0.15, -0.1) is 0 Å². The molecule has 0 fully saturated rings. The molecule has 1 atom stereocenters. The van der Waals surface area contributed by atoms with Gasteiger partial charge >= 0.3 is 0 Å². The number of rotatable bonds is 7. The number of furan rings is 1. The lowest BCUT2D eigenvalue weighted by Gasteiger charge is -2.27. The highest BCUT2D eigenvalue weighted by atomic mass is 16.5. The third kappa shape index (κ3) is 6.55. The third-order valence-corrected chi connectivity index (χ3v) is 3.87. The molecule has 1 aromatic heterocycles. The van der Waals surface area contributed by atoms with E-state index in [0.717, 1.165) is 23.4 Å². The summed E-state index contributed by atoms with van der Waals surface area (Å²) in [5, 5.41) is 0. The quantitative estimate of drug-likeness (QED) is 0.497. The molecular weight excluding hydrogens is 322 g/mol. The van der Waals surface area contributed by atoms with E-state index in [4.69, 9.17) is 9.15 Å². The Balaban J connectivity index is 2.04. The van der Waals surface area contributed by atoms with Crippen molar-refractivity contribution < 1.29 is 9.15 Å². The molecule has 0 spiro atoms. The molecule has 26 heavy (non-hydrogen) atoms. The van der Waals surface area contributed by atoms with Gasteiger partial charge in [0.25, 0.3) is 0 Å².